The van der Waals surface area contributed by atoms with Crippen molar-refractivity contribution in [2.24, 2.45) is 0 Å². The summed E-state index contributed by atoms with van der Waals surface area (Å²) in [4.78, 5) is 13.9. The van der Waals surface area contributed by atoms with E-state index in [0.717, 1.165) is 28.8 Å². The zero-order valence-electron chi connectivity index (χ0n) is 9.28. The molecule has 1 aromatic rings. The standard InChI is InChI=1S/C12H13BrN2O2/c13-9-2-1-8-6-15(10-3-4-17-7-10)12(16)14-11(8)5-9/h1-2,5,10H,3-4,6-7H2,(H,14,16). The Labute approximate surface area is 108 Å². The van der Waals surface area contributed by atoms with Gasteiger partial charge in [0.15, 0.2) is 0 Å². The Morgan fingerprint density at radius 2 is 2.35 bits per heavy atom. The topological polar surface area (TPSA) is 41.6 Å². The zero-order valence-corrected chi connectivity index (χ0v) is 10.9. The van der Waals surface area contributed by atoms with Gasteiger partial charge in [-0.3, -0.25) is 0 Å². The molecule has 2 heterocycles. The minimum absolute atomic E-state index is 0.0221. The molecule has 1 fully saturated rings. The summed E-state index contributed by atoms with van der Waals surface area (Å²) in [5.41, 5.74) is 2.05. The molecule has 0 spiro atoms. The highest BCUT2D eigenvalue weighted by Crippen LogP contribution is 2.29. The van der Waals surface area contributed by atoms with E-state index < -0.39 is 0 Å². The first-order valence-electron chi connectivity index (χ1n) is 5.68. The number of carbonyl (C=O) groups is 1. The van der Waals surface area contributed by atoms with E-state index in [1.165, 1.54) is 0 Å². The molecular weight excluding hydrogens is 284 g/mol. The van der Waals surface area contributed by atoms with Crippen LogP contribution in [0.1, 0.15) is 12.0 Å². The Morgan fingerprint density at radius 1 is 1.47 bits per heavy atom. The molecule has 2 aliphatic rings. The highest BCUT2D eigenvalue weighted by Gasteiger charge is 2.31. The molecule has 0 aromatic heterocycles. The maximum Gasteiger partial charge on any atom is 0.322 e. The summed E-state index contributed by atoms with van der Waals surface area (Å²) in [5, 5.41) is 2.93. The smallest absolute Gasteiger partial charge is 0.322 e. The van der Waals surface area contributed by atoms with Gasteiger partial charge in [-0.05, 0) is 24.1 Å². The number of halogens is 1. The maximum atomic E-state index is 12.0. The van der Waals surface area contributed by atoms with E-state index in [-0.39, 0.29) is 12.1 Å². The Hall–Kier alpha value is -1.07. The number of urea groups is 1. The van der Waals surface area contributed by atoms with Crippen molar-refractivity contribution in [2.75, 3.05) is 18.5 Å². The second-order valence-corrected chi connectivity index (χ2v) is 5.29. The predicted molar refractivity (Wildman–Crippen MR) is 67.9 cm³/mol. The van der Waals surface area contributed by atoms with E-state index in [4.69, 9.17) is 4.74 Å². The quantitative estimate of drug-likeness (QED) is 0.865. The van der Waals surface area contributed by atoms with Gasteiger partial charge in [-0.25, -0.2) is 4.79 Å². The summed E-state index contributed by atoms with van der Waals surface area (Å²) >= 11 is 3.41. The van der Waals surface area contributed by atoms with Crippen LogP contribution in [0.2, 0.25) is 0 Å². The number of fused-ring (bicyclic) bond motifs is 1. The number of hydrogen-bond donors (Lipinski definition) is 1. The van der Waals surface area contributed by atoms with Crippen LogP contribution < -0.4 is 5.32 Å². The number of ether oxygens (including phenoxy) is 1. The third-order valence-electron chi connectivity index (χ3n) is 3.26. The molecule has 3 rings (SSSR count). The van der Waals surface area contributed by atoms with Gasteiger partial charge in [0.1, 0.15) is 0 Å². The summed E-state index contributed by atoms with van der Waals surface area (Å²) in [6.45, 7) is 2.07. The highest BCUT2D eigenvalue weighted by molar-refractivity contribution is 9.10. The van der Waals surface area contributed by atoms with Gasteiger partial charge in [-0.1, -0.05) is 22.0 Å². The van der Waals surface area contributed by atoms with Crippen molar-refractivity contribution in [3.8, 4) is 0 Å². The van der Waals surface area contributed by atoms with Crippen molar-refractivity contribution in [3.05, 3.63) is 28.2 Å². The average Bonchev–Trinajstić information content (AvgIpc) is 2.81. The van der Waals surface area contributed by atoms with E-state index in [1.54, 1.807) is 0 Å². The van der Waals surface area contributed by atoms with Crippen LogP contribution in [0, 0.1) is 0 Å². The molecule has 2 aliphatic heterocycles. The van der Waals surface area contributed by atoms with Gasteiger partial charge < -0.3 is 15.0 Å². The van der Waals surface area contributed by atoms with Gasteiger partial charge in [0.05, 0.1) is 12.6 Å². The minimum Gasteiger partial charge on any atom is -0.379 e. The van der Waals surface area contributed by atoms with Gasteiger partial charge in [0.25, 0.3) is 0 Å². The second-order valence-electron chi connectivity index (χ2n) is 4.38. The van der Waals surface area contributed by atoms with Crippen molar-refractivity contribution in [1.29, 1.82) is 0 Å². The summed E-state index contributed by atoms with van der Waals surface area (Å²) in [5.74, 6) is 0. The third-order valence-corrected chi connectivity index (χ3v) is 3.75. The summed E-state index contributed by atoms with van der Waals surface area (Å²) in [6.07, 6.45) is 0.930. The zero-order chi connectivity index (χ0) is 11.8. The van der Waals surface area contributed by atoms with E-state index >= 15 is 0 Å². The molecule has 1 saturated heterocycles. The van der Waals surface area contributed by atoms with Crippen LogP contribution in [0.5, 0.6) is 0 Å². The third kappa shape index (κ3) is 2.05. The Bertz CT molecular complexity index is 458. The average molecular weight is 297 g/mol. The first-order valence-corrected chi connectivity index (χ1v) is 6.47. The fraction of sp³-hybridized carbons (Fsp3) is 0.417. The van der Waals surface area contributed by atoms with Gasteiger partial charge in [0.2, 0.25) is 0 Å². The summed E-state index contributed by atoms with van der Waals surface area (Å²) in [7, 11) is 0. The lowest BCUT2D eigenvalue weighted by atomic mass is 10.1. The molecule has 1 N–H and O–H groups in total. The van der Waals surface area contributed by atoms with Crippen molar-refractivity contribution in [2.45, 2.75) is 19.0 Å². The number of anilines is 1. The Balaban J connectivity index is 1.87. The van der Waals surface area contributed by atoms with E-state index in [9.17, 15) is 4.79 Å². The Morgan fingerprint density at radius 3 is 3.12 bits per heavy atom. The first kappa shape index (κ1) is 11.0. The van der Waals surface area contributed by atoms with Crippen molar-refractivity contribution >= 4 is 27.6 Å². The fourth-order valence-electron chi connectivity index (χ4n) is 2.31. The molecule has 1 atom stereocenters. The normalized spacial score (nSPS) is 23.5. The van der Waals surface area contributed by atoms with Crippen molar-refractivity contribution in [1.82, 2.24) is 4.90 Å². The summed E-state index contributed by atoms with van der Waals surface area (Å²) in [6, 6.07) is 6.18. The molecule has 5 heteroatoms. The molecule has 1 unspecified atom stereocenters. The molecule has 0 aliphatic carbocycles. The van der Waals surface area contributed by atoms with Gasteiger partial charge in [-0.2, -0.15) is 0 Å². The lowest BCUT2D eigenvalue weighted by molar-refractivity contribution is 0.148. The molecule has 90 valence electrons. The Kier molecular flexibility index (Phi) is 2.80. The number of carbonyl (C=O) groups excluding carboxylic acids is 1. The van der Waals surface area contributed by atoms with Crippen LogP contribution in [0.15, 0.2) is 22.7 Å². The maximum absolute atomic E-state index is 12.0. The van der Waals surface area contributed by atoms with Gasteiger partial charge >= 0.3 is 6.03 Å². The first-order chi connectivity index (χ1) is 8.24. The van der Waals surface area contributed by atoms with Crippen LogP contribution in [0.3, 0.4) is 0 Å². The molecule has 0 radical (unpaired) electrons. The predicted octanol–water partition coefficient (Wildman–Crippen LogP) is 2.59. The van der Waals surface area contributed by atoms with E-state index in [2.05, 4.69) is 21.2 Å². The number of amides is 2. The van der Waals surface area contributed by atoms with E-state index in [1.807, 2.05) is 23.1 Å². The van der Waals surface area contributed by atoms with Crippen LogP contribution in [0.25, 0.3) is 0 Å². The van der Waals surface area contributed by atoms with Crippen LogP contribution in [-0.4, -0.2) is 30.2 Å². The van der Waals surface area contributed by atoms with Crippen molar-refractivity contribution < 1.29 is 9.53 Å². The number of nitrogens with zero attached hydrogens (tertiary/aromatic N) is 1. The number of rotatable bonds is 1. The van der Waals surface area contributed by atoms with Crippen LogP contribution >= 0.6 is 15.9 Å². The SMILES string of the molecule is O=C1Nc2cc(Br)ccc2CN1C1CCOC1. The van der Waals surface area contributed by atoms with Crippen LogP contribution in [0.4, 0.5) is 10.5 Å². The largest absolute Gasteiger partial charge is 0.379 e. The molecule has 17 heavy (non-hydrogen) atoms. The molecule has 4 nitrogen and oxygen atoms in total. The minimum atomic E-state index is -0.0221. The molecular formula is C12H13BrN2O2. The molecule has 1 aromatic carbocycles. The van der Waals surface area contributed by atoms with E-state index in [0.29, 0.717) is 13.2 Å². The lowest BCUT2D eigenvalue weighted by Crippen LogP contribution is -2.45. The number of hydrogen-bond acceptors (Lipinski definition) is 2. The van der Waals surface area contributed by atoms with Crippen LogP contribution in [-0.2, 0) is 11.3 Å². The number of benzene rings is 1. The lowest BCUT2D eigenvalue weighted by Gasteiger charge is -2.33. The monoisotopic (exact) mass is 296 g/mol. The molecule has 0 bridgehead atoms. The highest BCUT2D eigenvalue weighted by atomic mass is 79.9. The summed E-state index contributed by atoms with van der Waals surface area (Å²) < 4.78 is 6.32. The molecule has 0 saturated carbocycles. The molecule has 2 amide bonds. The van der Waals surface area contributed by atoms with Gasteiger partial charge in [-0.15, -0.1) is 0 Å². The second kappa shape index (κ2) is 4.31. The number of nitrogens with one attached hydrogen (secondary N) is 1. The van der Waals surface area contributed by atoms with Crippen molar-refractivity contribution in [3.63, 3.8) is 0 Å². The van der Waals surface area contributed by atoms with Gasteiger partial charge in [0, 0.05) is 23.3 Å². The fourth-order valence-corrected chi connectivity index (χ4v) is 2.67.